The van der Waals surface area contributed by atoms with Gasteiger partial charge in [-0.2, -0.15) is 5.10 Å². The number of rotatable bonds is 6. The van der Waals surface area contributed by atoms with E-state index < -0.39 is 24.2 Å². The Bertz CT molecular complexity index is 1020. The second-order valence-electron chi connectivity index (χ2n) is 6.67. The van der Waals surface area contributed by atoms with Crippen molar-refractivity contribution in [3.8, 4) is 0 Å². The molecule has 0 radical (unpaired) electrons. The Hall–Kier alpha value is -3.28. The molecule has 0 saturated heterocycles. The predicted octanol–water partition coefficient (Wildman–Crippen LogP) is 4.04. The van der Waals surface area contributed by atoms with Crippen LogP contribution in [0.3, 0.4) is 0 Å². The summed E-state index contributed by atoms with van der Waals surface area (Å²) < 4.78 is 20.5. The average molecular weight is 380 g/mol. The third-order valence-corrected chi connectivity index (χ3v) is 4.55. The Morgan fingerprint density at radius 2 is 1.71 bits per heavy atom. The van der Waals surface area contributed by atoms with Crippen LogP contribution in [0.2, 0.25) is 0 Å². The second kappa shape index (κ2) is 8.17. The van der Waals surface area contributed by atoms with Crippen LogP contribution in [0.1, 0.15) is 43.2 Å². The monoisotopic (exact) mass is 380 g/mol. The van der Waals surface area contributed by atoms with E-state index in [1.54, 1.807) is 24.6 Å². The summed E-state index contributed by atoms with van der Waals surface area (Å²) in [5.74, 6) is -1.87. The fourth-order valence-electron chi connectivity index (χ4n) is 2.98. The topological polar surface area (TPSA) is 61.2 Å². The highest BCUT2D eigenvalue weighted by molar-refractivity contribution is 6.00. The van der Waals surface area contributed by atoms with Crippen LogP contribution >= 0.6 is 0 Å². The number of hydrogen-bond acceptors (Lipinski definition) is 4. The lowest BCUT2D eigenvalue weighted by Gasteiger charge is -2.07. The van der Waals surface area contributed by atoms with E-state index in [2.05, 4.69) is 5.10 Å². The summed E-state index contributed by atoms with van der Waals surface area (Å²) in [6, 6.07) is 13.7. The Kier molecular flexibility index (Phi) is 5.68. The van der Waals surface area contributed by atoms with E-state index >= 15 is 0 Å². The van der Waals surface area contributed by atoms with Crippen LogP contribution in [0.5, 0.6) is 0 Å². The molecule has 0 aliphatic heterocycles. The van der Waals surface area contributed by atoms with Crippen LogP contribution in [0, 0.1) is 26.6 Å². The zero-order valence-corrected chi connectivity index (χ0v) is 16.0. The molecule has 2 aromatic carbocycles. The molecule has 6 heteroatoms. The molecule has 0 atom stereocenters. The first-order valence-corrected chi connectivity index (χ1v) is 8.91. The Morgan fingerprint density at radius 1 is 1.04 bits per heavy atom. The summed E-state index contributed by atoms with van der Waals surface area (Å²) in [5, 5.41) is 4.42. The molecule has 0 bridgehead atoms. The van der Waals surface area contributed by atoms with Crippen LogP contribution in [-0.2, 0) is 11.3 Å². The highest BCUT2D eigenvalue weighted by Gasteiger charge is 2.22. The molecule has 1 aromatic heterocycles. The Labute approximate surface area is 162 Å². The normalized spacial score (nSPS) is 10.7. The lowest BCUT2D eigenvalue weighted by molar-refractivity contribution is 0.0472. The van der Waals surface area contributed by atoms with Crippen molar-refractivity contribution < 1.29 is 18.7 Å². The van der Waals surface area contributed by atoms with Gasteiger partial charge in [0.05, 0.1) is 23.5 Å². The number of aromatic nitrogens is 2. The van der Waals surface area contributed by atoms with Crippen LogP contribution in [-0.4, -0.2) is 28.1 Å². The van der Waals surface area contributed by atoms with Gasteiger partial charge in [-0.05, 0) is 38.5 Å². The number of esters is 1. The first-order valence-electron chi connectivity index (χ1n) is 8.91. The van der Waals surface area contributed by atoms with Crippen molar-refractivity contribution in [3.05, 3.63) is 88.0 Å². The lowest BCUT2D eigenvalue weighted by atomic mass is 10.1. The molecule has 1 heterocycles. The van der Waals surface area contributed by atoms with Gasteiger partial charge in [-0.3, -0.25) is 9.48 Å². The zero-order chi connectivity index (χ0) is 20.3. The van der Waals surface area contributed by atoms with Gasteiger partial charge in [-0.1, -0.05) is 42.0 Å². The zero-order valence-electron chi connectivity index (χ0n) is 16.0. The minimum atomic E-state index is -0.644. The number of carbonyl (C=O) groups is 2. The predicted molar refractivity (Wildman–Crippen MR) is 103 cm³/mol. The van der Waals surface area contributed by atoms with Crippen molar-refractivity contribution in [2.24, 2.45) is 0 Å². The lowest BCUT2D eigenvalue weighted by Crippen LogP contribution is -2.16. The molecular weight excluding hydrogens is 359 g/mol. The molecule has 0 saturated carbocycles. The molecule has 0 amide bonds. The van der Waals surface area contributed by atoms with Gasteiger partial charge in [0, 0.05) is 0 Å². The average Bonchev–Trinajstić information content (AvgIpc) is 2.95. The number of halogens is 1. The molecule has 3 aromatic rings. The Balaban J connectivity index is 1.72. The summed E-state index contributed by atoms with van der Waals surface area (Å²) in [6.07, 6.45) is 0. The van der Waals surface area contributed by atoms with Gasteiger partial charge in [-0.25, -0.2) is 9.18 Å². The number of nitrogens with zero attached hydrogens (tertiary/aromatic N) is 2. The van der Waals surface area contributed by atoms with Crippen molar-refractivity contribution in [1.82, 2.24) is 9.78 Å². The standard InChI is InChI=1S/C22H21FN2O3/c1-14-8-10-17(11-9-14)12-25-16(3)21(15(2)24-25)22(27)28-13-20(26)18-6-4-5-7-19(18)23/h4-11H,12-13H2,1-3H3. The number of ketones is 1. The molecule has 0 aliphatic rings. The van der Waals surface area contributed by atoms with Crippen LogP contribution in [0.25, 0.3) is 0 Å². The number of aryl methyl sites for hydroxylation is 2. The van der Waals surface area contributed by atoms with Gasteiger partial charge in [0.1, 0.15) is 11.4 Å². The fourth-order valence-corrected chi connectivity index (χ4v) is 2.98. The smallest absolute Gasteiger partial charge is 0.342 e. The van der Waals surface area contributed by atoms with Crippen molar-refractivity contribution >= 4 is 11.8 Å². The number of ether oxygens (including phenoxy) is 1. The summed E-state index contributed by atoms with van der Waals surface area (Å²) in [5.41, 5.74) is 3.63. The van der Waals surface area contributed by atoms with E-state index in [1.165, 1.54) is 23.8 Å². The van der Waals surface area contributed by atoms with Crippen molar-refractivity contribution in [3.63, 3.8) is 0 Å². The molecule has 0 N–H and O–H groups in total. The third kappa shape index (κ3) is 4.17. The van der Waals surface area contributed by atoms with Crippen LogP contribution in [0.15, 0.2) is 48.5 Å². The number of Topliss-reactive ketones (excluding diaryl/α,β-unsaturated/α-hetero) is 1. The van der Waals surface area contributed by atoms with Crippen LogP contribution < -0.4 is 0 Å². The molecule has 3 rings (SSSR count). The maximum absolute atomic E-state index is 13.7. The summed E-state index contributed by atoms with van der Waals surface area (Å²) >= 11 is 0. The van der Waals surface area contributed by atoms with Crippen molar-refractivity contribution in [2.75, 3.05) is 6.61 Å². The van der Waals surface area contributed by atoms with Gasteiger partial charge in [0.25, 0.3) is 0 Å². The van der Waals surface area contributed by atoms with E-state index in [1.807, 2.05) is 31.2 Å². The molecule has 5 nitrogen and oxygen atoms in total. The molecular formula is C22H21FN2O3. The maximum Gasteiger partial charge on any atom is 0.342 e. The van der Waals surface area contributed by atoms with Gasteiger partial charge in [0.15, 0.2) is 6.61 Å². The van der Waals surface area contributed by atoms with Gasteiger partial charge < -0.3 is 4.74 Å². The maximum atomic E-state index is 13.7. The first kappa shape index (κ1) is 19.5. The third-order valence-electron chi connectivity index (χ3n) is 4.55. The number of benzene rings is 2. The van der Waals surface area contributed by atoms with Crippen LogP contribution in [0.4, 0.5) is 4.39 Å². The number of carbonyl (C=O) groups excluding carboxylic acids is 2. The molecule has 28 heavy (non-hydrogen) atoms. The van der Waals surface area contributed by atoms with E-state index in [0.717, 1.165) is 5.56 Å². The molecule has 0 unspecified atom stereocenters. The van der Waals surface area contributed by atoms with E-state index in [4.69, 9.17) is 4.74 Å². The highest BCUT2D eigenvalue weighted by atomic mass is 19.1. The summed E-state index contributed by atoms with van der Waals surface area (Å²) in [7, 11) is 0. The minimum Gasteiger partial charge on any atom is -0.454 e. The largest absolute Gasteiger partial charge is 0.454 e. The van der Waals surface area contributed by atoms with Crippen molar-refractivity contribution in [2.45, 2.75) is 27.3 Å². The molecule has 144 valence electrons. The molecule has 0 spiro atoms. The number of hydrogen-bond donors (Lipinski definition) is 0. The Morgan fingerprint density at radius 3 is 2.39 bits per heavy atom. The summed E-state index contributed by atoms with van der Waals surface area (Å²) in [6.45, 7) is 5.51. The quantitative estimate of drug-likeness (QED) is 0.478. The molecule has 0 aliphatic carbocycles. The van der Waals surface area contributed by atoms with Crippen molar-refractivity contribution in [1.29, 1.82) is 0 Å². The highest BCUT2D eigenvalue weighted by Crippen LogP contribution is 2.17. The fraction of sp³-hybridized carbons (Fsp3) is 0.227. The minimum absolute atomic E-state index is 0.0983. The van der Waals surface area contributed by atoms with E-state index in [-0.39, 0.29) is 5.56 Å². The van der Waals surface area contributed by atoms with E-state index in [0.29, 0.717) is 23.5 Å². The first-order chi connectivity index (χ1) is 13.4. The van der Waals surface area contributed by atoms with Gasteiger partial charge in [-0.15, -0.1) is 0 Å². The molecule has 0 fully saturated rings. The SMILES string of the molecule is Cc1ccc(Cn2nc(C)c(C(=O)OCC(=O)c3ccccc3F)c2C)cc1. The van der Waals surface area contributed by atoms with E-state index in [9.17, 15) is 14.0 Å². The summed E-state index contributed by atoms with van der Waals surface area (Å²) in [4.78, 5) is 24.6. The van der Waals surface area contributed by atoms with Gasteiger partial charge >= 0.3 is 5.97 Å². The second-order valence-corrected chi connectivity index (χ2v) is 6.67. The van der Waals surface area contributed by atoms with Gasteiger partial charge in [0.2, 0.25) is 5.78 Å².